The van der Waals surface area contributed by atoms with E-state index in [1.54, 1.807) is 0 Å². The van der Waals surface area contributed by atoms with Gasteiger partial charge in [0.05, 0.1) is 0 Å². The number of hydrogen-bond acceptors (Lipinski definition) is 3. The molecule has 1 aromatic rings. The van der Waals surface area contributed by atoms with Gasteiger partial charge in [0, 0.05) is 31.9 Å². The molecule has 3 N–H and O–H groups in total. The molecule has 1 fully saturated rings. The van der Waals surface area contributed by atoms with Gasteiger partial charge in [0.1, 0.15) is 4.32 Å². The minimum Gasteiger partial charge on any atom is -0.385 e. The average Bonchev–Trinajstić information content (AvgIpc) is 2.31. The van der Waals surface area contributed by atoms with Gasteiger partial charge < -0.3 is 16.0 Å². The molecule has 2 rings (SSSR count). The van der Waals surface area contributed by atoms with Gasteiger partial charge in [0.25, 0.3) is 0 Å². The maximum absolute atomic E-state index is 4.71. The highest BCUT2D eigenvalue weighted by atomic mass is 32.1. The molecule has 0 saturated carbocycles. The summed E-state index contributed by atoms with van der Waals surface area (Å²) in [5, 5.41) is 3.34. The minimum absolute atomic E-state index is 0.194. The first-order valence-electron chi connectivity index (χ1n) is 5.19. The molecule has 0 atom stereocenters. The zero-order chi connectivity index (χ0) is 11.8. The monoisotopic (exact) mass is 255 g/mol. The third-order valence-electron chi connectivity index (χ3n) is 2.24. The quantitative estimate of drug-likeness (QED) is 0.522. The summed E-state index contributed by atoms with van der Waals surface area (Å²) in [6.07, 6.45) is 0. The van der Waals surface area contributed by atoms with E-state index in [2.05, 4.69) is 65.4 Å². The number of thiol groups is 1. The first kappa shape index (κ1) is 13.3. The number of rotatable bonds is 1. The van der Waals surface area contributed by atoms with Crippen molar-refractivity contribution in [1.29, 1.82) is 0 Å². The lowest BCUT2D eigenvalue weighted by molar-refractivity contribution is 0.589. The van der Waals surface area contributed by atoms with Crippen molar-refractivity contribution in [3.8, 4) is 0 Å². The van der Waals surface area contributed by atoms with Crippen LogP contribution in [0.15, 0.2) is 30.3 Å². The smallest absolute Gasteiger partial charge is 0.128 e. The zero-order valence-corrected chi connectivity index (χ0v) is 10.8. The van der Waals surface area contributed by atoms with Gasteiger partial charge in [-0.25, -0.2) is 0 Å². The molecule has 1 saturated heterocycles. The van der Waals surface area contributed by atoms with E-state index >= 15 is 0 Å². The van der Waals surface area contributed by atoms with Crippen LogP contribution in [0.4, 0.5) is 5.69 Å². The molecule has 0 amide bonds. The molecule has 88 valence electrons. The second kappa shape index (κ2) is 7.49. The van der Waals surface area contributed by atoms with Crippen molar-refractivity contribution in [1.82, 2.24) is 5.32 Å². The van der Waals surface area contributed by atoms with E-state index in [-0.39, 0.29) is 4.32 Å². The van der Waals surface area contributed by atoms with Crippen LogP contribution < -0.4 is 16.0 Å². The van der Waals surface area contributed by atoms with Crippen molar-refractivity contribution in [3.05, 3.63) is 30.3 Å². The molecule has 1 aliphatic heterocycles. The Balaban J connectivity index is 0.000000280. The first-order chi connectivity index (χ1) is 7.70. The van der Waals surface area contributed by atoms with Gasteiger partial charge in [0.15, 0.2) is 0 Å². The Hall–Kier alpha value is -0.780. The van der Waals surface area contributed by atoms with Gasteiger partial charge in [-0.1, -0.05) is 30.4 Å². The van der Waals surface area contributed by atoms with Crippen molar-refractivity contribution in [3.63, 3.8) is 0 Å². The molecule has 1 aromatic carbocycles. The van der Waals surface area contributed by atoms with Crippen LogP contribution in [0.25, 0.3) is 0 Å². The number of piperazine rings is 1. The summed E-state index contributed by atoms with van der Waals surface area (Å²) in [7, 11) is 0. The highest BCUT2D eigenvalue weighted by molar-refractivity contribution is 8.10. The zero-order valence-electron chi connectivity index (χ0n) is 9.10. The molecule has 3 nitrogen and oxygen atoms in total. The second-order valence-electron chi connectivity index (χ2n) is 3.41. The molecule has 0 radical (unpaired) electrons. The Bertz CT molecular complexity index is 306. The molecule has 0 aliphatic carbocycles. The van der Waals surface area contributed by atoms with Crippen molar-refractivity contribution in [2.45, 2.75) is 0 Å². The summed E-state index contributed by atoms with van der Waals surface area (Å²) >= 11 is 7.65. The predicted octanol–water partition coefficient (Wildman–Crippen LogP) is 1.26. The number of hydrogen-bond donors (Lipinski definition) is 3. The largest absolute Gasteiger partial charge is 0.385 e. The number of nitrogens with zero attached hydrogens (tertiary/aromatic N) is 1. The highest BCUT2D eigenvalue weighted by Gasteiger charge is 2.08. The van der Waals surface area contributed by atoms with Gasteiger partial charge in [0.2, 0.25) is 0 Å². The highest BCUT2D eigenvalue weighted by Crippen LogP contribution is 2.12. The molecular weight excluding hydrogens is 238 g/mol. The fourth-order valence-electron chi connectivity index (χ4n) is 1.56. The summed E-state index contributed by atoms with van der Waals surface area (Å²) in [5.41, 5.74) is 6.05. The van der Waals surface area contributed by atoms with Crippen LogP contribution in [0, 0.1) is 0 Å². The Morgan fingerprint density at radius 2 is 1.75 bits per heavy atom. The summed E-state index contributed by atoms with van der Waals surface area (Å²) in [6.45, 7) is 4.47. The van der Waals surface area contributed by atoms with E-state index in [0.29, 0.717) is 0 Å². The van der Waals surface area contributed by atoms with E-state index in [1.165, 1.54) is 5.69 Å². The van der Waals surface area contributed by atoms with E-state index in [1.807, 2.05) is 0 Å². The third-order valence-corrected chi connectivity index (χ3v) is 2.24. The average molecular weight is 255 g/mol. The van der Waals surface area contributed by atoms with Crippen LogP contribution in [0.2, 0.25) is 0 Å². The fourth-order valence-corrected chi connectivity index (χ4v) is 1.56. The lowest BCUT2D eigenvalue weighted by atomic mass is 10.2. The van der Waals surface area contributed by atoms with Crippen molar-refractivity contribution >= 4 is 34.9 Å². The number of nitrogens with one attached hydrogen (secondary N) is 1. The maximum atomic E-state index is 4.71. The van der Waals surface area contributed by atoms with E-state index in [4.69, 9.17) is 5.73 Å². The summed E-state index contributed by atoms with van der Waals surface area (Å²) in [5.74, 6) is 0. The van der Waals surface area contributed by atoms with Crippen molar-refractivity contribution in [2.24, 2.45) is 5.73 Å². The van der Waals surface area contributed by atoms with Crippen molar-refractivity contribution < 1.29 is 0 Å². The number of anilines is 1. The molecule has 0 unspecified atom stereocenters. The van der Waals surface area contributed by atoms with Crippen LogP contribution in [0.1, 0.15) is 0 Å². The number of nitrogens with two attached hydrogens (primary N) is 1. The molecule has 1 heterocycles. The first-order valence-corrected chi connectivity index (χ1v) is 6.05. The van der Waals surface area contributed by atoms with Crippen LogP contribution >= 0.6 is 24.8 Å². The van der Waals surface area contributed by atoms with Crippen LogP contribution in [-0.4, -0.2) is 30.5 Å². The number of thiocarbonyl (C=S) groups is 1. The Morgan fingerprint density at radius 3 is 2.25 bits per heavy atom. The number of benzene rings is 1. The fraction of sp³-hybridized carbons (Fsp3) is 0.364. The summed E-state index contributed by atoms with van der Waals surface area (Å²) in [6, 6.07) is 10.6. The molecule has 1 aliphatic rings. The molecule has 0 bridgehead atoms. The van der Waals surface area contributed by atoms with Crippen LogP contribution in [0.5, 0.6) is 0 Å². The lowest BCUT2D eigenvalue weighted by Gasteiger charge is -2.29. The van der Waals surface area contributed by atoms with E-state index in [9.17, 15) is 0 Å². The number of para-hydroxylation sites is 1. The topological polar surface area (TPSA) is 41.3 Å². The summed E-state index contributed by atoms with van der Waals surface area (Å²) in [4.78, 5) is 2.41. The van der Waals surface area contributed by atoms with Gasteiger partial charge in [-0.3, -0.25) is 0 Å². The molecule has 0 aromatic heterocycles. The maximum Gasteiger partial charge on any atom is 0.128 e. The molecule has 0 spiro atoms. The SMILES string of the molecule is NC(=S)S.c1ccc(N2CCNCC2)cc1. The molecular formula is C11H17N3S2. The van der Waals surface area contributed by atoms with Gasteiger partial charge >= 0.3 is 0 Å². The normalized spacial score (nSPS) is 14.9. The van der Waals surface area contributed by atoms with Gasteiger partial charge in [-0.2, -0.15) is 0 Å². The lowest BCUT2D eigenvalue weighted by Crippen LogP contribution is -2.43. The van der Waals surface area contributed by atoms with Crippen molar-refractivity contribution in [2.75, 3.05) is 31.1 Å². The van der Waals surface area contributed by atoms with Gasteiger partial charge in [-0.05, 0) is 12.1 Å². The predicted molar refractivity (Wildman–Crippen MR) is 77.3 cm³/mol. The summed E-state index contributed by atoms with van der Waals surface area (Å²) < 4.78 is 0.194. The standard InChI is InChI=1S/C10H14N2.CH3NS2/c1-2-4-10(5-3-1)12-8-6-11-7-9-12;2-1(3)4/h1-5,11H,6-9H2;(H3,2,3,4). The van der Waals surface area contributed by atoms with E-state index < -0.39 is 0 Å². The molecule has 16 heavy (non-hydrogen) atoms. The Morgan fingerprint density at radius 1 is 1.25 bits per heavy atom. The minimum atomic E-state index is 0.194. The third kappa shape index (κ3) is 5.34. The van der Waals surface area contributed by atoms with Crippen LogP contribution in [-0.2, 0) is 0 Å². The Kier molecular flexibility index (Phi) is 6.22. The second-order valence-corrected chi connectivity index (χ2v) is 4.64. The molecule has 5 heteroatoms. The van der Waals surface area contributed by atoms with Crippen LogP contribution in [0.3, 0.4) is 0 Å². The van der Waals surface area contributed by atoms with E-state index in [0.717, 1.165) is 26.2 Å². The van der Waals surface area contributed by atoms with Gasteiger partial charge in [-0.15, -0.1) is 12.6 Å². The Labute approximate surface area is 107 Å².